The summed E-state index contributed by atoms with van der Waals surface area (Å²) >= 11 is 0. The first-order valence-electron chi connectivity index (χ1n) is 7.37. The lowest BCUT2D eigenvalue weighted by Gasteiger charge is -2.35. The van der Waals surface area contributed by atoms with E-state index in [-0.39, 0.29) is 12.3 Å². The van der Waals surface area contributed by atoms with Gasteiger partial charge < -0.3 is 19.5 Å². The SMILES string of the molecule is CCCNC(C1CCOCC1)C(OCC)OCC. The summed E-state index contributed by atoms with van der Waals surface area (Å²) in [6.45, 7) is 10.3. The van der Waals surface area contributed by atoms with Crippen LogP contribution in [0.25, 0.3) is 0 Å². The Balaban J connectivity index is 2.59. The van der Waals surface area contributed by atoms with E-state index < -0.39 is 0 Å². The fourth-order valence-electron chi connectivity index (χ4n) is 2.46. The lowest BCUT2D eigenvalue weighted by molar-refractivity contribution is -0.167. The molecule has 0 aromatic carbocycles. The first-order valence-corrected chi connectivity index (χ1v) is 7.37. The first kappa shape index (κ1) is 15.9. The average Bonchev–Trinajstić information content (AvgIpc) is 2.41. The molecule has 1 fully saturated rings. The maximum atomic E-state index is 5.77. The van der Waals surface area contributed by atoms with Crippen LogP contribution in [-0.2, 0) is 14.2 Å². The molecule has 4 heteroatoms. The fourth-order valence-corrected chi connectivity index (χ4v) is 2.46. The smallest absolute Gasteiger partial charge is 0.172 e. The number of nitrogens with one attached hydrogen (secondary N) is 1. The summed E-state index contributed by atoms with van der Waals surface area (Å²) in [5, 5.41) is 3.60. The average molecular weight is 259 g/mol. The molecule has 1 aliphatic heterocycles. The molecule has 1 atom stereocenters. The van der Waals surface area contributed by atoms with Gasteiger partial charge in [-0.05, 0) is 45.6 Å². The van der Waals surface area contributed by atoms with Gasteiger partial charge in [-0.2, -0.15) is 0 Å². The van der Waals surface area contributed by atoms with Crippen molar-refractivity contribution in [1.82, 2.24) is 5.32 Å². The van der Waals surface area contributed by atoms with Crippen LogP contribution in [0.1, 0.15) is 40.0 Å². The van der Waals surface area contributed by atoms with Crippen LogP contribution in [-0.4, -0.2) is 45.3 Å². The lowest BCUT2D eigenvalue weighted by Crippen LogP contribution is -2.49. The topological polar surface area (TPSA) is 39.7 Å². The summed E-state index contributed by atoms with van der Waals surface area (Å²) in [7, 11) is 0. The van der Waals surface area contributed by atoms with Crippen LogP contribution in [0.5, 0.6) is 0 Å². The van der Waals surface area contributed by atoms with Crippen molar-refractivity contribution in [3.63, 3.8) is 0 Å². The van der Waals surface area contributed by atoms with Gasteiger partial charge >= 0.3 is 0 Å². The van der Waals surface area contributed by atoms with Crippen LogP contribution < -0.4 is 5.32 Å². The highest BCUT2D eigenvalue weighted by atomic mass is 16.7. The molecule has 0 bridgehead atoms. The Morgan fingerprint density at radius 3 is 2.22 bits per heavy atom. The fraction of sp³-hybridized carbons (Fsp3) is 1.00. The van der Waals surface area contributed by atoms with E-state index in [1.54, 1.807) is 0 Å². The third-order valence-corrected chi connectivity index (χ3v) is 3.36. The summed E-state index contributed by atoms with van der Waals surface area (Å²) in [5.74, 6) is 0.591. The van der Waals surface area contributed by atoms with Crippen molar-refractivity contribution in [2.24, 2.45) is 5.92 Å². The predicted molar refractivity (Wildman–Crippen MR) is 72.7 cm³/mol. The minimum Gasteiger partial charge on any atom is -0.381 e. The van der Waals surface area contributed by atoms with Gasteiger partial charge in [-0.1, -0.05) is 6.92 Å². The van der Waals surface area contributed by atoms with Crippen LogP contribution in [0, 0.1) is 5.92 Å². The van der Waals surface area contributed by atoms with Crippen molar-refractivity contribution in [3.8, 4) is 0 Å². The lowest BCUT2D eigenvalue weighted by atomic mass is 9.91. The minimum absolute atomic E-state index is 0.130. The standard InChI is InChI=1S/C14H29NO3/c1-4-9-15-13(12-7-10-16-11-8-12)14(17-5-2)18-6-3/h12-15H,4-11H2,1-3H3. The number of hydrogen-bond acceptors (Lipinski definition) is 4. The van der Waals surface area contributed by atoms with Crippen molar-refractivity contribution in [2.75, 3.05) is 33.0 Å². The van der Waals surface area contributed by atoms with Crippen LogP contribution in [0.4, 0.5) is 0 Å². The molecule has 108 valence electrons. The monoisotopic (exact) mass is 259 g/mol. The zero-order chi connectivity index (χ0) is 13.2. The predicted octanol–water partition coefficient (Wildman–Crippen LogP) is 2.18. The summed E-state index contributed by atoms with van der Waals surface area (Å²) in [4.78, 5) is 0. The Kier molecular flexibility index (Phi) is 8.59. The van der Waals surface area contributed by atoms with Gasteiger partial charge in [0, 0.05) is 26.4 Å². The zero-order valence-electron chi connectivity index (χ0n) is 12.1. The van der Waals surface area contributed by atoms with Crippen LogP contribution >= 0.6 is 0 Å². The molecule has 0 spiro atoms. The van der Waals surface area contributed by atoms with Crippen molar-refractivity contribution >= 4 is 0 Å². The number of rotatable bonds is 9. The molecule has 0 saturated carbocycles. The van der Waals surface area contributed by atoms with Crippen molar-refractivity contribution in [1.29, 1.82) is 0 Å². The highest BCUT2D eigenvalue weighted by molar-refractivity contribution is 4.81. The highest BCUT2D eigenvalue weighted by Crippen LogP contribution is 2.23. The van der Waals surface area contributed by atoms with Gasteiger partial charge in [0.05, 0.1) is 6.04 Å². The van der Waals surface area contributed by atoms with Crippen molar-refractivity contribution < 1.29 is 14.2 Å². The van der Waals surface area contributed by atoms with Gasteiger partial charge in [0.25, 0.3) is 0 Å². The van der Waals surface area contributed by atoms with E-state index in [9.17, 15) is 0 Å². The molecular formula is C14H29NO3. The molecule has 1 N–H and O–H groups in total. The van der Waals surface area contributed by atoms with Crippen LogP contribution in [0.3, 0.4) is 0 Å². The van der Waals surface area contributed by atoms with Crippen LogP contribution in [0.15, 0.2) is 0 Å². The molecule has 0 aliphatic carbocycles. The Morgan fingerprint density at radius 2 is 1.72 bits per heavy atom. The molecule has 0 radical (unpaired) electrons. The third kappa shape index (κ3) is 5.22. The second-order valence-corrected chi connectivity index (χ2v) is 4.71. The van der Waals surface area contributed by atoms with Crippen molar-refractivity contribution in [2.45, 2.75) is 52.4 Å². The molecule has 1 unspecified atom stereocenters. The molecule has 4 nitrogen and oxygen atoms in total. The van der Waals surface area contributed by atoms with Gasteiger partial charge in [-0.25, -0.2) is 0 Å². The minimum atomic E-state index is -0.130. The number of ether oxygens (including phenoxy) is 3. The van der Waals surface area contributed by atoms with E-state index in [4.69, 9.17) is 14.2 Å². The van der Waals surface area contributed by atoms with Crippen molar-refractivity contribution in [3.05, 3.63) is 0 Å². The van der Waals surface area contributed by atoms with E-state index in [1.165, 1.54) is 0 Å². The quantitative estimate of drug-likeness (QED) is 0.644. The molecule has 1 aliphatic rings. The molecule has 0 amide bonds. The summed E-state index contributed by atoms with van der Waals surface area (Å²) in [6, 6.07) is 0.286. The molecule has 1 saturated heterocycles. The largest absolute Gasteiger partial charge is 0.381 e. The van der Waals surface area contributed by atoms with E-state index in [0.717, 1.165) is 39.0 Å². The Labute approximate surface area is 111 Å². The third-order valence-electron chi connectivity index (χ3n) is 3.36. The Hall–Kier alpha value is -0.160. The second-order valence-electron chi connectivity index (χ2n) is 4.71. The summed E-state index contributed by atoms with van der Waals surface area (Å²) in [6.07, 6.45) is 3.19. The molecule has 18 heavy (non-hydrogen) atoms. The van der Waals surface area contributed by atoms with E-state index in [0.29, 0.717) is 19.1 Å². The molecule has 1 heterocycles. The van der Waals surface area contributed by atoms with E-state index >= 15 is 0 Å². The summed E-state index contributed by atoms with van der Waals surface area (Å²) in [5.41, 5.74) is 0. The van der Waals surface area contributed by atoms with Gasteiger partial charge in [-0.15, -0.1) is 0 Å². The highest BCUT2D eigenvalue weighted by Gasteiger charge is 2.31. The van der Waals surface area contributed by atoms with Crippen LogP contribution in [0.2, 0.25) is 0 Å². The Bertz CT molecular complexity index is 189. The maximum Gasteiger partial charge on any atom is 0.172 e. The van der Waals surface area contributed by atoms with Gasteiger partial charge in [0.2, 0.25) is 0 Å². The van der Waals surface area contributed by atoms with Gasteiger partial charge in [0.1, 0.15) is 0 Å². The van der Waals surface area contributed by atoms with Gasteiger partial charge in [0.15, 0.2) is 6.29 Å². The molecular weight excluding hydrogens is 230 g/mol. The second kappa shape index (κ2) is 9.73. The van der Waals surface area contributed by atoms with E-state index in [2.05, 4.69) is 12.2 Å². The molecule has 0 aromatic heterocycles. The Morgan fingerprint density at radius 1 is 1.11 bits per heavy atom. The maximum absolute atomic E-state index is 5.77. The summed E-state index contributed by atoms with van der Waals surface area (Å²) < 4.78 is 17.0. The molecule has 1 rings (SSSR count). The normalized spacial score (nSPS) is 19.3. The van der Waals surface area contributed by atoms with E-state index in [1.807, 2.05) is 13.8 Å². The molecule has 0 aromatic rings. The zero-order valence-corrected chi connectivity index (χ0v) is 12.1. The first-order chi connectivity index (χ1) is 8.83. The van der Waals surface area contributed by atoms with Gasteiger partial charge in [-0.3, -0.25) is 0 Å². The number of hydrogen-bond donors (Lipinski definition) is 1.